The fourth-order valence-electron chi connectivity index (χ4n) is 1.76. The highest BCUT2D eigenvalue weighted by Gasteiger charge is 2.23. The molecule has 1 aliphatic rings. The van der Waals surface area contributed by atoms with Crippen LogP contribution < -0.4 is 10.6 Å². The van der Waals surface area contributed by atoms with Gasteiger partial charge in [-0.25, -0.2) is 4.39 Å². The SMILES string of the molecule is Cc1ncc(NC2CCC(=O)CNC2=O)cc1F. The number of carbonyl (C=O) groups excluding carboxylic acids is 2. The van der Waals surface area contributed by atoms with Crippen LogP contribution in [0.25, 0.3) is 0 Å². The summed E-state index contributed by atoms with van der Waals surface area (Å²) in [7, 11) is 0. The van der Waals surface area contributed by atoms with E-state index >= 15 is 0 Å². The number of carbonyl (C=O) groups is 2. The predicted octanol–water partition coefficient (Wildman–Crippen LogP) is 0.789. The Bertz CT molecular complexity index is 490. The molecule has 5 nitrogen and oxygen atoms in total. The zero-order valence-electron chi connectivity index (χ0n) is 10.00. The Morgan fingerprint density at radius 3 is 3.00 bits per heavy atom. The number of pyridine rings is 1. The molecule has 6 heteroatoms. The summed E-state index contributed by atoms with van der Waals surface area (Å²) in [6, 6.07) is 0.767. The standard InChI is InChI=1S/C12H14FN3O2/c1-7-10(13)4-8(5-14-7)16-11-3-2-9(17)6-15-12(11)18/h4-5,11,16H,2-3,6H2,1H3,(H,15,18). The first kappa shape index (κ1) is 12.5. The first-order valence-electron chi connectivity index (χ1n) is 5.74. The number of amides is 1. The van der Waals surface area contributed by atoms with Gasteiger partial charge in [0, 0.05) is 12.5 Å². The van der Waals surface area contributed by atoms with E-state index in [4.69, 9.17) is 0 Å². The topological polar surface area (TPSA) is 71.1 Å². The minimum absolute atomic E-state index is 0.000798. The number of hydrogen-bond donors (Lipinski definition) is 2. The molecule has 0 saturated carbocycles. The van der Waals surface area contributed by atoms with Gasteiger partial charge >= 0.3 is 0 Å². The largest absolute Gasteiger partial charge is 0.372 e. The van der Waals surface area contributed by atoms with E-state index in [9.17, 15) is 14.0 Å². The van der Waals surface area contributed by atoms with Crippen molar-refractivity contribution in [3.05, 3.63) is 23.8 Å². The van der Waals surface area contributed by atoms with Crippen molar-refractivity contribution in [2.24, 2.45) is 0 Å². The molecule has 1 unspecified atom stereocenters. The second-order valence-electron chi connectivity index (χ2n) is 4.28. The molecule has 0 bridgehead atoms. The smallest absolute Gasteiger partial charge is 0.242 e. The van der Waals surface area contributed by atoms with Crippen molar-refractivity contribution in [3.63, 3.8) is 0 Å². The molecular formula is C12H14FN3O2. The summed E-state index contributed by atoms with van der Waals surface area (Å²) in [4.78, 5) is 26.8. The second-order valence-corrected chi connectivity index (χ2v) is 4.28. The Balaban J connectivity index is 2.09. The molecular weight excluding hydrogens is 237 g/mol. The number of Topliss-reactive ketones (excluding diaryl/α,β-unsaturated/α-hetero) is 1. The summed E-state index contributed by atoms with van der Waals surface area (Å²) in [5.74, 6) is -0.673. The van der Waals surface area contributed by atoms with E-state index in [1.807, 2.05) is 0 Å². The minimum Gasteiger partial charge on any atom is -0.372 e. The Hall–Kier alpha value is -1.98. The van der Waals surface area contributed by atoms with Gasteiger partial charge in [-0.1, -0.05) is 0 Å². The lowest BCUT2D eigenvalue weighted by Crippen LogP contribution is -2.38. The number of aryl methyl sites for hydroxylation is 1. The van der Waals surface area contributed by atoms with Crippen LogP contribution in [0.3, 0.4) is 0 Å². The molecule has 1 saturated heterocycles. The van der Waals surface area contributed by atoms with Gasteiger partial charge < -0.3 is 10.6 Å². The highest BCUT2D eigenvalue weighted by atomic mass is 19.1. The van der Waals surface area contributed by atoms with Crippen molar-refractivity contribution in [2.75, 3.05) is 11.9 Å². The van der Waals surface area contributed by atoms with E-state index in [1.54, 1.807) is 6.92 Å². The predicted molar refractivity (Wildman–Crippen MR) is 63.6 cm³/mol. The van der Waals surface area contributed by atoms with E-state index in [2.05, 4.69) is 15.6 Å². The molecule has 1 atom stereocenters. The Morgan fingerprint density at radius 2 is 2.28 bits per heavy atom. The lowest BCUT2D eigenvalue weighted by Gasteiger charge is -2.16. The fourth-order valence-corrected chi connectivity index (χ4v) is 1.76. The van der Waals surface area contributed by atoms with Crippen LogP contribution in [0, 0.1) is 12.7 Å². The van der Waals surface area contributed by atoms with Crippen molar-refractivity contribution in [2.45, 2.75) is 25.8 Å². The van der Waals surface area contributed by atoms with Gasteiger partial charge in [0.25, 0.3) is 0 Å². The Labute approximate surface area is 104 Å². The van der Waals surface area contributed by atoms with Crippen molar-refractivity contribution >= 4 is 17.4 Å². The van der Waals surface area contributed by atoms with Crippen LogP contribution >= 0.6 is 0 Å². The number of anilines is 1. The average Bonchev–Trinajstić information content (AvgIpc) is 2.49. The van der Waals surface area contributed by atoms with E-state index in [0.717, 1.165) is 0 Å². The van der Waals surface area contributed by atoms with Crippen molar-refractivity contribution in [3.8, 4) is 0 Å². The molecule has 0 aliphatic carbocycles. The molecule has 2 heterocycles. The monoisotopic (exact) mass is 251 g/mol. The molecule has 1 amide bonds. The third-order valence-corrected chi connectivity index (χ3v) is 2.85. The maximum Gasteiger partial charge on any atom is 0.242 e. The average molecular weight is 251 g/mol. The van der Waals surface area contributed by atoms with Crippen LogP contribution in [-0.4, -0.2) is 29.3 Å². The van der Waals surface area contributed by atoms with E-state index in [1.165, 1.54) is 12.3 Å². The molecule has 0 aromatic carbocycles. The summed E-state index contributed by atoms with van der Waals surface area (Å²) in [6.45, 7) is 1.63. The molecule has 2 rings (SSSR count). The van der Waals surface area contributed by atoms with Gasteiger partial charge in [-0.05, 0) is 13.3 Å². The van der Waals surface area contributed by atoms with Crippen LogP contribution in [0.2, 0.25) is 0 Å². The highest BCUT2D eigenvalue weighted by molar-refractivity contribution is 5.92. The Morgan fingerprint density at radius 1 is 1.50 bits per heavy atom. The summed E-state index contributed by atoms with van der Waals surface area (Å²) in [5.41, 5.74) is 0.744. The molecule has 1 fully saturated rings. The third kappa shape index (κ3) is 2.82. The zero-order chi connectivity index (χ0) is 13.1. The molecule has 0 radical (unpaired) electrons. The van der Waals surface area contributed by atoms with Gasteiger partial charge in [-0.3, -0.25) is 14.6 Å². The highest BCUT2D eigenvalue weighted by Crippen LogP contribution is 2.14. The molecule has 96 valence electrons. The van der Waals surface area contributed by atoms with Gasteiger partial charge in [-0.2, -0.15) is 0 Å². The van der Waals surface area contributed by atoms with Gasteiger partial charge in [0.15, 0.2) is 5.78 Å². The van der Waals surface area contributed by atoms with Crippen LogP contribution in [-0.2, 0) is 9.59 Å². The number of nitrogens with zero attached hydrogens (tertiary/aromatic N) is 1. The van der Waals surface area contributed by atoms with Crippen molar-refractivity contribution in [1.82, 2.24) is 10.3 Å². The Kier molecular flexibility index (Phi) is 3.55. The van der Waals surface area contributed by atoms with E-state index < -0.39 is 11.9 Å². The summed E-state index contributed by atoms with van der Waals surface area (Å²) >= 11 is 0. The van der Waals surface area contributed by atoms with Crippen LogP contribution in [0.4, 0.5) is 10.1 Å². The molecule has 0 spiro atoms. The maximum atomic E-state index is 13.3. The maximum absolute atomic E-state index is 13.3. The quantitative estimate of drug-likeness (QED) is 0.815. The summed E-state index contributed by atoms with van der Waals surface area (Å²) in [6.07, 6.45) is 2.21. The molecule has 1 aliphatic heterocycles. The summed E-state index contributed by atoms with van der Waals surface area (Å²) < 4.78 is 13.3. The van der Waals surface area contributed by atoms with Gasteiger partial charge in [-0.15, -0.1) is 0 Å². The van der Waals surface area contributed by atoms with E-state index in [0.29, 0.717) is 24.2 Å². The number of rotatable bonds is 2. The lowest BCUT2D eigenvalue weighted by atomic mass is 10.1. The number of hydrogen-bond acceptors (Lipinski definition) is 4. The molecule has 1 aromatic rings. The normalized spacial score (nSPS) is 20.2. The zero-order valence-corrected chi connectivity index (χ0v) is 10.00. The lowest BCUT2D eigenvalue weighted by molar-refractivity contribution is -0.123. The first-order chi connectivity index (χ1) is 8.56. The number of nitrogens with one attached hydrogen (secondary N) is 2. The molecule has 2 N–H and O–H groups in total. The van der Waals surface area contributed by atoms with Crippen LogP contribution in [0.15, 0.2) is 12.3 Å². The minimum atomic E-state index is -0.527. The third-order valence-electron chi connectivity index (χ3n) is 2.85. The number of halogens is 1. The fraction of sp³-hybridized carbons (Fsp3) is 0.417. The van der Waals surface area contributed by atoms with Gasteiger partial charge in [0.2, 0.25) is 5.91 Å². The van der Waals surface area contributed by atoms with Crippen LogP contribution in [0.5, 0.6) is 0 Å². The number of aromatic nitrogens is 1. The van der Waals surface area contributed by atoms with Gasteiger partial charge in [0.1, 0.15) is 11.9 Å². The molecule has 1 aromatic heterocycles. The molecule has 18 heavy (non-hydrogen) atoms. The van der Waals surface area contributed by atoms with Crippen molar-refractivity contribution < 1.29 is 14.0 Å². The van der Waals surface area contributed by atoms with E-state index in [-0.39, 0.29) is 18.2 Å². The van der Waals surface area contributed by atoms with Gasteiger partial charge in [0.05, 0.1) is 24.1 Å². The first-order valence-corrected chi connectivity index (χ1v) is 5.74. The number of ketones is 1. The van der Waals surface area contributed by atoms with Crippen LogP contribution in [0.1, 0.15) is 18.5 Å². The van der Waals surface area contributed by atoms with Crippen molar-refractivity contribution in [1.29, 1.82) is 0 Å². The summed E-state index contributed by atoms with van der Waals surface area (Å²) in [5, 5.41) is 5.42. The second kappa shape index (κ2) is 5.12.